The van der Waals surface area contributed by atoms with Gasteiger partial charge < -0.3 is 15.5 Å². The summed E-state index contributed by atoms with van der Waals surface area (Å²) in [5.74, 6) is -0.691. The zero-order valence-corrected chi connectivity index (χ0v) is 10.1. The number of amides is 4. The van der Waals surface area contributed by atoms with Crippen molar-refractivity contribution < 1.29 is 19.2 Å². The van der Waals surface area contributed by atoms with Crippen LogP contribution in [0.15, 0.2) is 0 Å². The summed E-state index contributed by atoms with van der Waals surface area (Å²) in [5.41, 5.74) is -0.512. The van der Waals surface area contributed by atoms with Crippen molar-refractivity contribution in [3.63, 3.8) is 0 Å². The molecule has 0 unspecified atom stereocenters. The van der Waals surface area contributed by atoms with Gasteiger partial charge in [-0.05, 0) is 20.8 Å². The molecule has 16 heavy (non-hydrogen) atoms. The van der Waals surface area contributed by atoms with E-state index in [1.807, 2.05) is 0 Å². The van der Waals surface area contributed by atoms with Gasteiger partial charge in [0.1, 0.15) is 0 Å². The maximum atomic E-state index is 11.3. The van der Waals surface area contributed by atoms with E-state index >= 15 is 0 Å². The molecule has 0 heterocycles. The van der Waals surface area contributed by atoms with Crippen LogP contribution in [-0.2, 0) is 9.63 Å². The van der Waals surface area contributed by atoms with Gasteiger partial charge >= 0.3 is 12.1 Å². The first-order chi connectivity index (χ1) is 7.17. The first kappa shape index (κ1) is 14.2. The molecule has 0 aromatic heterocycles. The maximum absolute atomic E-state index is 11.3. The second-order valence-corrected chi connectivity index (χ2v) is 4.12. The highest BCUT2D eigenvalue weighted by Crippen LogP contribution is 2.01. The Hall–Kier alpha value is -1.79. The molecule has 0 radical (unpaired) electrons. The Morgan fingerprint density at radius 2 is 1.69 bits per heavy atom. The van der Waals surface area contributed by atoms with Gasteiger partial charge in [-0.1, -0.05) is 5.06 Å². The molecule has 7 heteroatoms. The number of carbonyl (C=O) groups excluding carboxylic acids is 3. The van der Waals surface area contributed by atoms with Gasteiger partial charge in [-0.25, -0.2) is 9.59 Å². The molecule has 0 aliphatic heterocycles. The summed E-state index contributed by atoms with van der Waals surface area (Å²) < 4.78 is 0. The van der Waals surface area contributed by atoms with Gasteiger partial charge in [-0.3, -0.25) is 4.79 Å². The fourth-order valence-electron chi connectivity index (χ4n) is 0.762. The number of nitrogens with one attached hydrogen (secondary N) is 2. The van der Waals surface area contributed by atoms with E-state index in [2.05, 4.69) is 15.5 Å². The summed E-state index contributed by atoms with van der Waals surface area (Å²) in [6.07, 6.45) is -0.869. The first-order valence-corrected chi connectivity index (χ1v) is 4.70. The second kappa shape index (κ2) is 5.34. The van der Waals surface area contributed by atoms with Crippen molar-refractivity contribution in [2.45, 2.75) is 33.2 Å². The highest BCUT2D eigenvalue weighted by Gasteiger charge is 2.24. The summed E-state index contributed by atoms with van der Waals surface area (Å²) in [6.45, 7) is 6.34. The van der Waals surface area contributed by atoms with Crippen molar-refractivity contribution in [1.82, 2.24) is 15.7 Å². The van der Waals surface area contributed by atoms with Crippen molar-refractivity contribution >= 4 is 18.0 Å². The van der Waals surface area contributed by atoms with Crippen LogP contribution in [-0.4, -0.2) is 35.7 Å². The van der Waals surface area contributed by atoms with Crippen LogP contribution in [0.1, 0.15) is 27.7 Å². The Morgan fingerprint density at radius 1 is 1.19 bits per heavy atom. The largest absolute Gasteiger partial charge is 0.432 e. The van der Waals surface area contributed by atoms with E-state index in [0.29, 0.717) is 5.06 Å². The maximum Gasteiger partial charge on any atom is 0.432 e. The minimum atomic E-state index is -0.869. The topological polar surface area (TPSA) is 87.7 Å². The normalized spacial score (nSPS) is 10.3. The number of hydrogen-bond acceptors (Lipinski definition) is 4. The quantitative estimate of drug-likeness (QED) is 0.598. The van der Waals surface area contributed by atoms with Gasteiger partial charge in [0.2, 0.25) is 0 Å². The number of carbonyl (C=O) groups is 3. The monoisotopic (exact) mass is 231 g/mol. The fourth-order valence-corrected chi connectivity index (χ4v) is 0.762. The number of imide groups is 1. The number of hydroxylamine groups is 2. The fraction of sp³-hybridized carbons (Fsp3) is 0.667. The van der Waals surface area contributed by atoms with Gasteiger partial charge in [0, 0.05) is 19.5 Å². The van der Waals surface area contributed by atoms with Crippen LogP contribution >= 0.6 is 0 Å². The predicted octanol–water partition coefficient (Wildman–Crippen LogP) is 0.614. The number of nitrogens with zero attached hydrogens (tertiary/aromatic N) is 1. The lowest BCUT2D eigenvalue weighted by Gasteiger charge is -2.22. The molecule has 0 fully saturated rings. The van der Waals surface area contributed by atoms with Crippen molar-refractivity contribution in [2.24, 2.45) is 0 Å². The molecule has 0 rings (SSSR count). The molecule has 92 valence electrons. The third kappa shape index (κ3) is 5.18. The van der Waals surface area contributed by atoms with Crippen molar-refractivity contribution in [1.29, 1.82) is 0 Å². The van der Waals surface area contributed by atoms with Gasteiger partial charge in [-0.15, -0.1) is 0 Å². The van der Waals surface area contributed by atoms with Crippen molar-refractivity contribution in [3.05, 3.63) is 0 Å². The molecule has 0 bridgehead atoms. The summed E-state index contributed by atoms with van der Waals surface area (Å²) in [5, 5.41) is 4.97. The molecular formula is C9H17N3O4. The highest BCUT2D eigenvalue weighted by atomic mass is 16.7. The lowest BCUT2D eigenvalue weighted by Crippen LogP contribution is -2.48. The summed E-state index contributed by atoms with van der Waals surface area (Å²) in [4.78, 5) is 38.0. The van der Waals surface area contributed by atoms with E-state index in [1.165, 1.54) is 7.05 Å². The third-order valence-corrected chi connectivity index (χ3v) is 1.34. The molecule has 0 saturated heterocycles. The first-order valence-electron chi connectivity index (χ1n) is 4.70. The molecule has 0 aliphatic carbocycles. The molecule has 0 aliphatic rings. The average Bonchev–Trinajstić information content (AvgIpc) is 2.09. The lowest BCUT2D eigenvalue weighted by molar-refractivity contribution is -0.151. The molecule has 0 aromatic rings. The molecule has 0 atom stereocenters. The molecular weight excluding hydrogens is 214 g/mol. The van der Waals surface area contributed by atoms with E-state index in [0.717, 1.165) is 6.92 Å². The third-order valence-electron chi connectivity index (χ3n) is 1.34. The Morgan fingerprint density at radius 3 is 2.00 bits per heavy atom. The summed E-state index contributed by atoms with van der Waals surface area (Å²) >= 11 is 0. The predicted molar refractivity (Wildman–Crippen MR) is 56.3 cm³/mol. The zero-order chi connectivity index (χ0) is 12.9. The smallest absolute Gasteiger partial charge is 0.338 e. The molecule has 0 aromatic carbocycles. The molecule has 4 amide bonds. The average molecular weight is 231 g/mol. The van der Waals surface area contributed by atoms with E-state index in [9.17, 15) is 14.4 Å². The number of urea groups is 1. The Balaban J connectivity index is 4.48. The molecule has 7 nitrogen and oxygen atoms in total. The SMILES string of the molecule is CNC(=O)N(OC(=O)NC(C)(C)C)C(C)=O. The van der Waals surface area contributed by atoms with Crippen LogP contribution in [0.25, 0.3) is 0 Å². The van der Waals surface area contributed by atoms with Crippen LogP contribution in [0.5, 0.6) is 0 Å². The van der Waals surface area contributed by atoms with Crippen LogP contribution in [0.4, 0.5) is 9.59 Å². The molecule has 0 spiro atoms. The van der Waals surface area contributed by atoms with Crippen molar-refractivity contribution in [3.8, 4) is 0 Å². The summed E-state index contributed by atoms with van der Waals surface area (Å²) in [6, 6.07) is -0.809. The molecule has 0 saturated carbocycles. The standard InChI is InChI=1S/C9H17N3O4/c1-6(13)12(7(14)10-5)16-8(15)11-9(2,3)4/h1-5H3,(H,10,14)(H,11,15). The Kier molecular flexibility index (Phi) is 4.74. The van der Waals surface area contributed by atoms with Gasteiger partial charge in [0.05, 0.1) is 0 Å². The molecule has 2 N–H and O–H groups in total. The minimum absolute atomic E-state index is 0.348. The highest BCUT2D eigenvalue weighted by molar-refractivity contribution is 5.93. The van der Waals surface area contributed by atoms with E-state index < -0.39 is 23.6 Å². The van der Waals surface area contributed by atoms with Crippen LogP contribution < -0.4 is 10.6 Å². The Labute approximate surface area is 94.1 Å². The minimum Gasteiger partial charge on any atom is -0.338 e. The van der Waals surface area contributed by atoms with E-state index in [-0.39, 0.29) is 0 Å². The van der Waals surface area contributed by atoms with Crippen LogP contribution in [0.3, 0.4) is 0 Å². The number of rotatable bonds is 0. The van der Waals surface area contributed by atoms with Gasteiger partial charge in [0.15, 0.2) is 0 Å². The number of hydrogen-bond donors (Lipinski definition) is 2. The van der Waals surface area contributed by atoms with Crippen molar-refractivity contribution in [2.75, 3.05) is 7.05 Å². The zero-order valence-electron chi connectivity index (χ0n) is 10.1. The summed E-state index contributed by atoms with van der Waals surface area (Å²) in [7, 11) is 1.32. The van der Waals surface area contributed by atoms with E-state index in [1.54, 1.807) is 20.8 Å². The second-order valence-electron chi connectivity index (χ2n) is 4.12. The lowest BCUT2D eigenvalue weighted by atomic mass is 10.1. The van der Waals surface area contributed by atoms with E-state index in [4.69, 9.17) is 0 Å². The van der Waals surface area contributed by atoms with Gasteiger partial charge in [-0.2, -0.15) is 0 Å². The Bertz CT molecular complexity index is 296. The van der Waals surface area contributed by atoms with Gasteiger partial charge in [0.25, 0.3) is 5.91 Å². The van der Waals surface area contributed by atoms with Crippen LogP contribution in [0.2, 0.25) is 0 Å². The van der Waals surface area contributed by atoms with Crippen LogP contribution in [0, 0.1) is 0 Å².